The molecule has 158 valence electrons. The number of furan rings is 1. The quantitative estimate of drug-likeness (QED) is 0.333. The minimum absolute atomic E-state index is 0.166. The lowest BCUT2D eigenvalue weighted by Crippen LogP contribution is -2.29. The van der Waals surface area contributed by atoms with Crippen LogP contribution in [0.3, 0.4) is 0 Å². The molecule has 1 aromatic carbocycles. The first-order valence-electron chi connectivity index (χ1n) is 9.82. The lowest BCUT2D eigenvalue weighted by molar-refractivity contribution is -0.126. The minimum atomic E-state index is -0.265. The molecule has 1 amide bonds. The first-order valence-corrected chi connectivity index (χ1v) is 10.6. The molecule has 0 bridgehead atoms. The fourth-order valence-electron chi connectivity index (χ4n) is 3.02. The summed E-state index contributed by atoms with van der Waals surface area (Å²) in [5.74, 6) is 0.660. The van der Waals surface area contributed by atoms with Crippen LogP contribution >= 0.6 is 11.3 Å². The summed E-state index contributed by atoms with van der Waals surface area (Å²) in [5, 5.41) is 7.98. The van der Waals surface area contributed by atoms with Crippen LogP contribution in [0.5, 0.6) is 0 Å². The van der Waals surface area contributed by atoms with E-state index in [9.17, 15) is 9.18 Å². The highest BCUT2D eigenvalue weighted by Gasteiger charge is 2.17. The molecule has 6 nitrogen and oxygen atoms in total. The normalized spacial score (nSPS) is 11.3. The van der Waals surface area contributed by atoms with Gasteiger partial charge in [0.05, 0.1) is 12.8 Å². The van der Waals surface area contributed by atoms with Gasteiger partial charge in [-0.05, 0) is 42.8 Å². The third-order valence-electron chi connectivity index (χ3n) is 4.49. The van der Waals surface area contributed by atoms with Gasteiger partial charge in [0.1, 0.15) is 5.82 Å². The Kier molecular flexibility index (Phi) is 6.37. The van der Waals surface area contributed by atoms with Crippen molar-refractivity contribution in [3.05, 3.63) is 77.5 Å². The van der Waals surface area contributed by atoms with Gasteiger partial charge in [0.25, 0.3) is 5.89 Å². The number of thiophene rings is 1. The van der Waals surface area contributed by atoms with Crippen molar-refractivity contribution in [2.45, 2.75) is 19.9 Å². The first kappa shape index (κ1) is 20.7. The van der Waals surface area contributed by atoms with Gasteiger partial charge in [-0.3, -0.25) is 4.79 Å². The van der Waals surface area contributed by atoms with Crippen LogP contribution in [0.1, 0.15) is 24.1 Å². The first-order chi connectivity index (χ1) is 15.1. The summed E-state index contributed by atoms with van der Waals surface area (Å²) in [7, 11) is 0. The summed E-state index contributed by atoms with van der Waals surface area (Å²) in [6, 6.07) is 13.8. The number of nitrogens with zero attached hydrogens (tertiary/aromatic N) is 3. The van der Waals surface area contributed by atoms with Crippen molar-refractivity contribution in [1.29, 1.82) is 0 Å². The van der Waals surface area contributed by atoms with E-state index in [1.165, 1.54) is 29.7 Å². The van der Waals surface area contributed by atoms with E-state index in [1.54, 1.807) is 41.3 Å². The molecule has 8 heteroatoms. The minimum Gasteiger partial charge on any atom is -0.459 e. The molecule has 0 saturated heterocycles. The van der Waals surface area contributed by atoms with Crippen LogP contribution in [0, 0.1) is 5.82 Å². The lowest BCUT2D eigenvalue weighted by Gasteiger charge is -2.18. The van der Waals surface area contributed by atoms with Crippen LogP contribution in [0.15, 0.2) is 69.7 Å². The van der Waals surface area contributed by atoms with Gasteiger partial charge in [0.15, 0.2) is 5.76 Å². The van der Waals surface area contributed by atoms with Gasteiger partial charge in [-0.25, -0.2) is 4.39 Å². The van der Waals surface area contributed by atoms with E-state index < -0.39 is 0 Å². The van der Waals surface area contributed by atoms with E-state index in [-0.39, 0.29) is 24.2 Å². The maximum Gasteiger partial charge on any atom is 0.283 e. The van der Waals surface area contributed by atoms with Gasteiger partial charge >= 0.3 is 0 Å². The van der Waals surface area contributed by atoms with Crippen molar-refractivity contribution in [2.24, 2.45) is 0 Å². The van der Waals surface area contributed by atoms with E-state index >= 15 is 0 Å². The number of benzene rings is 1. The summed E-state index contributed by atoms with van der Waals surface area (Å²) in [4.78, 5) is 16.1. The molecule has 0 unspecified atom stereocenters. The molecule has 3 heterocycles. The molecule has 0 radical (unpaired) electrons. The summed E-state index contributed by atoms with van der Waals surface area (Å²) in [6.07, 6.45) is 5.56. The predicted octanol–water partition coefficient (Wildman–Crippen LogP) is 5.65. The average Bonchev–Trinajstić information content (AvgIpc) is 3.53. The van der Waals surface area contributed by atoms with Crippen molar-refractivity contribution >= 4 is 23.3 Å². The van der Waals surface area contributed by atoms with Crippen LogP contribution in [0.4, 0.5) is 4.39 Å². The molecule has 0 fully saturated rings. The summed E-state index contributed by atoms with van der Waals surface area (Å²) in [6.45, 7) is 2.74. The second-order valence-corrected chi connectivity index (χ2v) is 7.87. The zero-order valence-electron chi connectivity index (χ0n) is 16.8. The standard InChI is InChI=1S/C23H20FN3O3S/c1-2-13-27(15-21-25-26-23(30-21)19-8-5-14-29-19)22(28)12-10-16-9-11-20(31-16)17-6-3-4-7-18(17)24/h3-12,14H,2,13,15H2,1H3/b12-10-. The number of rotatable bonds is 8. The Balaban J connectivity index is 1.44. The van der Waals surface area contributed by atoms with E-state index in [0.29, 0.717) is 23.8 Å². The molecule has 3 aromatic heterocycles. The maximum absolute atomic E-state index is 14.0. The Morgan fingerprint density at radius 3 is 2.81 bits per heavy atom. The molecular weight excluding hydrogens is 417 g/mol. The van der Waals surface area contributed by atoms with Gasteiger partial charge in [0.2, 0.25) is 11.8 Å². The second-order valence-electron chi connectivity index (χ2n) is 6.75. The van der Waals surface area contributed by atoms with Gasteiger partial charge in [-0.1, -0.05) is 25.1 Å². The van der Waals surface area contributed by atoms with Crippen molar-refractivity contribution in [3.63, 3.8) is 0 Å². The van der Waals surface area contributed by atoms with Crippen LogP contribution in [-0.2, 0) is 11.3 Å². The molecule has 0 saturated carbocycles. The second kappa shape index (κ2) is 9.53. The number of carbonyl (C=O) groups is 1. The Morgan fingerprint density at radius 2 is 2.03 bits per heavy atom. The fourth-order valence-corrected chi connectivity index (χ4v) is 3.96. The summed E-state index contributed by atoms with van der Waals surface area (Å²) in [5.41, 5.74) is 0.551. The maximum atomic E-state index is 14.0. The molecule has 31 heavy (non-hydrogen) atoms. The van der Waals surface area contributed by atoms with Crippen molar-refractivity contribution < 1.29 is 18.0 Å². The smallest absolute Gasteiger partial charge is 0.283 e. The Hall–Kier alpha value is -3.52. The van der Waals surface area contributed by atoms with Crippen molar-refractivity contribution in [2.75, 3.05) is 6.54 Å². The molecule has 0 spiro atoms. The highest BCUT2D eigenvalue weighted by Crippen LogP contribution is 2.30. The van der Waals surface area contributed by atoms with Crippen LogP contribution in [-0.4, -0.2) is 27.5 Å². The number of hydrogen-bond acceptors (Lipinski definition) is 6. The Labute approximate surface area is 182 Å². The third-order valence-corrected chi connectivity index (χ3v) is 5.57. The number of aromatic nitrogens is 2. The molecule has 0 N–H and O–H groups in total. The topological polar surface area (TPSA) is 72.4 Å². The summed E-state index contributed by atoms with van der Waals surface area (Å²) >= 11 is 1.42. The van der Waals surface area contributed by atoms with Gasteiger partial charge < -0.3 is 13.7 Å². The molecule has 0 aliphatic carbocycles. The molecular formula is C23H20FN3O3S. The third kappa shape index (κ3) is 4.97. The van der Waals surface area contributed by atoms with Gasteiger partial charge in [-0.2, -0.15) is 0 Å². The lowest BCUT2D eigenvalue weighted by atomic mass is 10.2. The number of hydrogen-bond donors (Lipinski definition) is 0. The van der Waals surface area contributed by atoms with Crippen molar-refractivity contribution in [1.82, 2.24) is 15.1 Å². The number of carbonyl (C=O) groups excluding carboxylic acids is 1. The summed E-state index contributed by atoms with van der Waals surface area (Å²) < 4.78 is 24.9. The van der Waals surface area contributed by atoms with E-state index in [4.69, 9.17) is 8.83 Å². The Bertz CT molecular complexity index is 1180. The Morgan fingerprint density at radius 1 is 1.16 bits per heavy atom. The fraction of sp³-hybridized carbons (Fsp3) is 0.174. The largest absolute Gasteiger partial charge is 0.459 e. The number of halogens is 1. The average molecular weight is 437 g/mol. The zero-order valence-corrected chi connectivity index (χ0v) is 17.6. The van der Waals surface area contributed by atoms with Crippen molar-refractivity contribution in [3.8, 4) is 22.1 Å². The molecule has 0 atom stereocenters. The zero-order chi connectivity index (χ0) is 21.6. The van der Waals surface area contributed by atoms with Gasteiger partial charge in [-0.15, -0.1) is 21.5 Å². The van der Waals surface area contributed by atoms with Gasteiger partial charge in [0, 0.05) is 27.9 Å². The van der Waals surface area contributed by atoms with Crippen LogP contribution in [0.2, 0.25) is 0 Å². The van der Waals surface area contributed by atoms with Crippen LogP contribution in [0.25, 0.3) is 28.2 Å². The molecule has 4 rings (SSSR count). The molecule has 4 aromatic rings. The monoisotopic (exact) mass is 437 g/mol. The van der Waals surface area contributed by atoms with E-state index in [1.807, 2.05) is 19.1 Å². The highest BCUT2D eigenvalue weighted by molar-refractivity contribution is 7.16. The highest BCUT2D eigenvalue weighted by atomic mass is 32.1. The number of amides is 1. The van der Waals surface area contributed by atoms with E-state index in [0.717, 1.165) is 16.2 Å². The predicted molar refractivity (Wildman–Crippen MR) is 116 cm³/mol. The van der Waals surface area contributed by atoms with Crippen LogP contribution < -0.4 is 0 Å². The molecule has 0 aliphatic heterocycles. The van der Waals surface area contributed by atoms with E-state index in [2.05, 4.69) is 10.2 Å². The SMILES string of the molecule is CCCN(Cc1nnc(-c2ccco2)o1)C(=O)/C=C\c1ccc(-c2ccccc2F)s1. The molecule has 0 aliphatic rings.